The molecule has 1 aromatic heterocycles. The zero-order chi connectivity index (χ0) is 15.4. The molecule has 21 heavy (non-hydrogen) atoms. The average Bonchev–Trinajstić information content (AvgIpc) is 2.39. The fourth-order valence-corrected chi connectivity index (χ4v) is 2.70. The van der Waals surface area contributed by atoms with Gasteiger partial charge < -0.3 is 11.1 Å². The molecule has 0 radical (unpaired) electrons. The molecule has 0 aliphatic rings. The number of hydrogen-bond acceptors (Lipinski definition) is 4. The lowest BCUT2D eigenvalue weighted by molar-refractivity contribution is -0.113. The number of pyridine rings is 1. The summed E-state index contributed by atoms with van der Waals surface area (Å²) in [5.41, 5.74) is 5.84. The van der Waals surface area contributed by atoms with Gasteiger partial charge in [0.05, 0.1) is 15.8 Å². The van der Waals surface area contributed by atoms with Crippen molar-refractivity contribution >= 4 is 52.4 Å². The van der Waals surface area contributed by atoms with Gasteiger partial charge in [-0.15, -0.1) is 11.8 Å². The first-order chi connectivity index (χ1) is 9.94. The molecular formula is C13H10Cl2FN3OS. The van der Waals surface area contributed by atoms with Gasteiger partial charge in [0.1, 0.15) is 5.82 Å². The van der Waals surface area contributed by atoms with E-state index in [0.29, 0.717) is 15.6 Å². The van der Waals surface area contributed by atoms with Gasteiger partial charge in [0.15, 0.2) is 5.82 Å². The number of nitrogen functional groups attached to an aromatic ring is 1. The first-order valence-corrected chi connectivity index (χ1v) is 7.48. The van der Waals surface area contributed by atoms with Crippen molar-refractivity contribution in [3.63, 3.8) is 0 Å². The Hall–Kier alpha value is -1.50. The van der Waals surface area contributed by atoms with E-state index < -0.39 is 5.82 Å². The number of carbonyl (C=O) groups excluding carboxylic acids is 1. The molecule has 4 nitrogen and oxygen atoms in total. The van der Waals surface area contributed by atoms with Gasteiger partial charge in [0.25, 0.3) is 0 Å². The van der Waals surface area contributed by atoms with Gasteiger partial charge in [-0.3, -0.25) is 4.79 Å². The van der Waals surface area contributed by atoms with Crippen molar-refractivity contribution in [2.45, 2.75) is 4.90 Å². The Labute approximate surface area is 134 Å². The molecule has 1 heterocycles. The van der Waals surface area contributed by atoms with E-state index in [1.807, 2.05) is 0 Å². The standard InChI is InChI=1S/C13H10Cl2FN3OS/c14-7-1-11(15)13(18-5-7)19-12(20)6-21-10-3-8(16)2-9(17)4-10/h1-5H,6,17H2,(H,18,19,20). The Kier molecular flexibility index (Phi) is 5.27. The second kappa shape index (κ2) is 6.98. The van der Waals surface area contributed by atoms with Crippen molar-refractivity contribution in [3.05, 3.63) is 46.3 Å². The molecule has 0 unspecified atom stereocenters. The van der Waals surface area contributed by atoms with Crippen LogP contribution in [-0.4, -0.2) is 16.6 Å². The number of thioether (sulfide) groups is 1. The topological polar surface area (TPSA) is 68.0 Å². The predicted molar refractivity (Wildman–Crippen MR) is 84.4 cm³/mol. The first-order valence-electron chi connectivity index (χ1n) is 5.74. The molecule has 0 bridgehead atoms. The number of anilines is 2. The fourth-order valence-electron chi connectivity index (χ4n) is 1.49. The van der Waals surface area contributed by atoms with Crippen LogP contribution >= 0.6 is 35.0 Å². The summed E-state index contributed by atoms with van der Waals surface area (Å²) in [7, 11) is 0. The second-order valence-corrected chi connectivity index (χ2v) is 5.93. The van der Waals surface area contributed by atoms with Gasteiger partial charge in [0, 0.05) is 16.8 Å². The number of aromatic nitrogens is 1. The van der Waals surface area contributed by atoms with Gasteiger partial charge in [-0.2, -0.15) is 0 Å². The Morgan fingerprint density at radius 3 is 2.76 bits per heavy atom. The number of nitrogens with two attached hydrogens (primary N) is 1. The lowest BCUT2D eigenvalue weighted by Crippen LogP contribution is -2.15. The highest BCUT2D eigenvalue weighted by atomic mass is 35.5. The van der Waals surface area contributed by atoms with Crippen LogP contribution in [0.2, 0.25) is 10.0 Å². The third kappa shape index (κ3) is 4.77. The molecule has 2 rings (SSSR count). The van der Waals surface area contributed by atoms with Crippen molar-refractivity contribution in [3.8, 4) is 0 Å². The maximum absolute atomic E-state index is 13.2. The van der Waals surface area contributed by atoms with Gasteiger partial charge in [-0.25, -0.2) is 9.37 Å². The molecular weight excluding hydrogens is 336 g/mol. The van der Waals surface area contributed by atoms with Crippen LogP contribution in [0.25, 0.3) is 0 Å². The van der Waals surface area contributed by atoms with E-state index in [4.69, 9.17) is 28.9 Å². The average molecular weight is 346 g/mol. The van der Waals surface area contributed by atoms with Crippen LogP contribution < -0.4 is 11.1 Å². The highest BCUT2D eigenvalue weighted by Gasteiger charge is 2.09. The van der Waals surface area contributed by atoms with Crippen LogP contribution in [0, 0.1) is 5.82 Å². The zero-order valence-electron chi connectivity index (χ0n) is 10.6. The molecule has 0 atom stereocenters. The van der Waals surface area contributed by atoms with Crippen molar-refractivity contribution in [1.29, 1.82) is 0 Å². The third-order valence-electron chi connectivity index (χ3n) is 2.33. The lowest BCUT2D eigenvalue weighted by atomic mass is 10.3. The quantitative estimate of drug-likeness (QED) is 0.652. The number of hydrogen-bond donors (Lipinski definition) is 2. The van der Waals surface area contributed by atoms with Gasteiger partial charge in [-0.1, -0.05) is 23.2 Å². The number of carbonyl (C=O) groups is 1. The summed E-state index contributed by atoms with van der Waals surface area (Å²) in [4.78, 5) is 16.3. The number of benzene rings is 1. The molecule has 3 N–H and O–H groups in total. The summed E-state index contributed by atoms with van der Waals surface area (Å²) in [6.07, 6.45) is 1.38. The predicted octanol–water partition coefficient (Wildman–Crippen LogP) is 3.84. The minimum absolute atomic E-state index is 0.0729. The zero-order valence-corrected chi connectivity index (χ0v) is 12.9. The Bertz CT molecular complexity index is 664. The molecule has 0 spiro atoms. The van der Waals surface area contributed by atoms with E-state index >= 15 is 0 Å². The van der Waals surface area contributed by atoms with E-state index in [2.05, 4.69) is 10.3 Å². The summed E-state index contributed by atoms with van der Waals surface area (Å²) in [5, 5.41) is 3.17. The van der Waals surface area contributed by atoms with Crippen LogP contribution in [0.1, 0.15) is 0 Å². The van der Waals surface area contributed by atoms with E-state index in [0.717, 1.165) is 11.8 Å². The van der Waals surface area contributed by atoms with Crippen molar-refractivity contribution in [2.24, 2.45) is 0 Å². The molecule has 0 aliphatic heterocycles. The Morgan fingerprint density at radius 1 is 1.33 bits per heavy atom. The fraction of sp³-hybridized carbons (Fsp3) is 0.0769. The van der Waals surface area contributed by atoms with Gasteiger partial charge >= 0.3 is 0 Å². The van der Waals surface area contributed by atoms with Crippen LogP contribution in [0.15, 0.2) is 35.4 Å². The normalized spacial score (nSPS) is 10.4. The summed E-state index contributed by atoms with van der Waals surface area (Å²) in [6, 6.07) is 5.59. The maximum atomic E-state index is 13.2. The first kappa shape index (κ1) is 15.9. The summed E-state index contributed by atoms with van der Waals surface area (Å²) >= 11 is 12.8. The van der Waals surface area contributed by atoms with Crippen LogP contribution in [0.4, 0.5) is 15.9 Å². The highest BCUT2D eigenvalue weighted by Crippen LogP contribution is 2.24. The monoisotopic (exact) mass is 345 g/mol. The number of rotatable bonds is 4. The number of halogens is 3. The second-order valence-electron chi connectivity index (χ2n) is 4.04. The van der Waals surface area contributed by atoms with E-state index in [9.17, 15) is 9.18 Å². The SMILES string of the molecule is Nc1cc(F)cc(SCC(=O)Nc2ncc(Cl)cc2Cl)c1. The van der Waals surface area contributed by atoms with Crippen LogP contribution in [-0.2, 0) is 4.79 Å². The minimum atomic E-state index is -0.444. The van der Waals surface area contributed by atoms with Gasteiger partial charge in [0.2, 0.25) is 5.91 Å². The molecule has 2 aromatic rings. The minimum Gasteiger partial charge on any atom is -0.399 e. The summed E-state index contributed by atoms with van der Waals surface area (Å²) in [6.45, 7) is 0. The molecule has 110 valence electrons. The van der Waals surface area contributed by atoms with E-state index in [1.54, 1.807) is 6.07 Å². The molecule has 8 heteroatoms. The van der Waals surface area contributed by atoms with Crippen LogP contribution in [0.3, 0.4) is 0 Å². The molecule has 0 fully saturated rings. The molecule has 1 amide bonds. The van der Waals surface area contributed by atoms with Gasteiger partial charge in [-0.05, 0) is 24.3 Å². The molecule has 0 saturated heterocycles. The summed E-state index contributed by atoms with van der Waals surface area (Å²) in [5.74, 6) is -0.464. The van der Waals surface area contributed by atoms with Crippen LogP contribution in [0.5, 0.6) is 0 Å². The number of nitrogens with zero attached hydrogens (tertiary/aromatic N) is 1. The van der Waals surface area contributed by atoms with Crippen molar-refractivity contribution in [2.75, 3.05) is 16.8 Å². The summed E-state index contributed by atoms with van der Waals surface area (Å²) < 4.78 is 13.2. The van der Waals surface area contributed by atoms with Crippen molar-refractivity contribution < 1.29 is 9.18 Å². The highest BCUT2D eigenvalue weighted by molar-refractivity contribution is 8.00. The molecule has 0 saturated carbocycles. The molecule has 0 aliphatic carbocycles. The lowest BCUT2D eigenvalue weighted by Gasteiger charge is -2.07. The Balaban J connectivity index is 1.95. The van der Waals surface area contributed by atoms with E-state index in [1.165, 1.54) is 24.4 Å². The number of amides is 1. The molecule has 1 aromatic carbocycles. The number of nitrogens with one attached hydrogen (secondary N) is 1. The van der Waals surface area contributed by atoms with Crippen molar-refractivity contribution in [1.82, 2.24) is 4.98 Å². The maximum Gasteiger partial charge on any atom is 0.235 e. The largest absolute Gasteiger partial charge is 0.399 e. The Morgan fingerprint density at radius 2 is 2.10 bits per heavy atom. The van der Waals surface area contributed by atoms with E-state index in [-0.39, 0.29) is 22.5 Å². The smallest absolute Gasteiger partial charge is 0.235 e. The third-order valence-corrected chi connectivity index (χ3v) is 3.80.